The summed E-state index contributed by atoms with van der Waals surface area (Å²) in [5.74, 6) is 0. The molecule has 152 valence electrons. The van der Waals surface area contributed by atoms with Gasteiger partial charge in [-0.1, -0.05) is 66.2 Å². The van der Waals surface area contributed by atoms with Gasteiger partial charge in [-0.2, -0.15) is 13.5 Å². The van der Waals surface area contributed by atoms with Gasteiger partial charge >= 0.3 is 29.6 Å². The first kappa shape index (κ1) is 23.1. The van der Waals surface area contributed by atoms with E-state index in [4.69, 9.17) is 5.73 Å². The topological polar surface area (TPSA) is 105 Å². The maximum absolute atomic E-state index is 11.8. The van der Waals surface area contributed by atoms with Crippen LogP contribution in [0.4, 0.5) is 17.1 Å². The Balaban J connectivity index is 0.00000272. The van der Waals surface area contributed by atoms with Gasteiger partial charge in [0, 0.05) is 10.8 Å². The van der Waals surface area contributed by atoms with Crippen molar-refractivity contribution in [1.29, 1.82) is 0 Å². The van der Waals surface area contributed by atoms with Crippen LogP contribution in [-0.4, -0.2) is 42.5 Å². The fraction of sp³-hybridized carbons (Fsp3) is 0.0435. The Bertz CT molecular complexity index is 1390. The fourth-order valence-corrected chi connectivity index (χ4v) is 4.02. The average molecular weight is 441 g/mol. The molecule has 4 aromatic rings. The molecular weight excluding hydrogens is 421 g/mol. The third-order valence-corrected chi connectivity index (χ3v) is 5.69. The molecule has 0 saturated heterocycles. The maximum atomic E-state index is 11.8. The molecule has 0 heterocycles. The molecule has 0 aliphatic rings. The van der Waals surface area contributed by atoms with Crippen molar-refractivity contribution in [2.75, 3.05) is 5.73 Å². The first-order chi connectivity index (χ1) is 14.3. The summed E-state index contributed by atoms with van der Waals surface area (Å²) in [7, 11) is -4.45. The van der Waals surface area contributed by atoms with E-state index in [9.17, 15) is 13.0 Å². The first-order valence-electron chi connectivity index (χ1n) is 9.20. The molecule has 8 heteroatoms. The molecule has 0 amide bonds. The van der Waals surface area contributed by atoms with Crippen LogP contribution in [0.2, 0.25) is 0 Å². The summed E-state index contributed by atoms with van der Waals surface area (Å²) in [4.78, 5) is -0.254. The second-order valence-corrected chi connectivity index (χ2v) is 8.33. The van der Waals surface area contributed by atoms with Crippen molar-refractivity contribution in [1.82, 2.24) is 0 Å². The summed E-state index contributed by atoms with van der Waals surface area (Å²) >= 11 is 0. The summed E-state index contributed by atoms with van der Waals surface area (Å²) in [5.41, 5.74) is 10.6. The van der Waals surface area contributed by atoms with E-state index in [1.54, 1.807) is 24.3 Å². The van der Waals surface area contributed by atoms with Gasteiger partial charge in [0.25, 0.3) is 10.1 Å². The molecule has 0 aromatic heterocycles. The van der Waals surface area contributed by atoms with Crippen LogP contribution in [0, 0.1) is 6.92 Å². The molecule has 6 nitrogen and oxygen atoms in total. The monoisotopic (exact) mass is 441 g/mol. The van der Waals surface area contributed by atoms with Gasteiger partial charge in [-0.05, 0) is 36.2 Å². The second-order valence-electron chi connectivity index (χ2n) is 6.94. The average Bonchev–Trinajstić information content (AvgIpc) is 2.73. The Morgan fingerprint density at radius 2 is 1.48 bits per heavy atom. The van der Waals surface area contributed by atoms with Crippen molar-refractivity contribution in [2.45, 2.75) is 11.8 Å². The van der Waals surface area contributed by atoms with Crippen LogP contribution < -0.4 is 5.73 Å². The number of fused-ring (bicyclic) bond motifs is 1. The number of nitrogens with two attached hydrogens (primary N) is 1. The van der Waals surface area contributed by atoms with Crippen molar-refractivity contribution in [3.05, 3.63) is 84.4 Å². The van der Waals surface area contributed by atoms with Crippen LogP contribution in [-0.2, 0) is 10.1 Å². The Morgan fingerprint density at radius 3 is 2.13 bits per heavy atom. The Morgan fingerprint density at radius 1 is 0.806 bits per heavy atom. The summed E-state index contributed by atoms with van der Waals surface area (Å²) in [6, 6.07) is 23.6. The van der Waals surface area contributed by atoms with Crippen molar-refractivity contribution in [3.8, 4) is 11.1 Å². The minimum atomic E-state index is -4.45. The molecule has 0 spiro atoms. The minimum absolute atomic E-state index is 0. The van der Waals surface area contributed by atoms with Crippen LogP contribution in [0.1, 0.15) is 5.56 Å². The third-order valence-electron chi connectivity index (χ3n) is 4.80. The fourth-order valence-electron chi connectivity index (χ4n) is 3.30. The molecule has 4 aromatic carbocycles. The number of aryl methyl sites for hydroxylation is 1. The van der Waals surface area contributed by atoms with E-state index in [2.05, 4.69) is 16.3 Å². The molecule has 0 aliphatic carbocycles. The molecule has 4 rings (SSSR count). The van der Waals surface area contributed by atoms with Crippen LogP contribution in [0.5, 0.6) is 0 Å². The van der Waals surface area contributed by atoms with Gasteiger partial charge in [0.2, 0.25) is 0 Å². The van der Waals surface area contributed by atoms with Crippen molar-refractivity contribution < 1.29 is 13.0 Å². The third kappa shape index (κ3) is 5.03. The number of azo groups is 1. The molecular formula is C23H20N3NaO3S. The second kappa shape index (κ2) is 9.30. The number of rotatable bonds is 4. The van der Waals surface area contributed by atoms with E-state index < -0.39 is 10.1 Å². The predicted molar refractivity (Wildman–Crippen MR) is 126 cm³/mol. The Hall–Kier alpha value is -2.55. The summed E-state index contributed by atoms with van der Waals surface area (Å²) < 4.78 is 33.3. The molecule has 3 N–H and O–H groups in total. The molecule has 0 fully saturated rings. The first-order valence-corrected chi connectivity index (χ1v) is 10.6. The van der Waals surface area contributed by atoms with Gasteiger partial charge in [0.1, 0.15) is 10.6 Å². The van der Waals surface area contributed by atoms with Crippen LogP contribution in [0.3, 0.4) is 0 Å². The zero-order chi connectivity index (χ0) is 21.3. The zero-order valence-corrected chi connectivity index (χ0v) is 17.0. The van der Waals surface area contributed by atoms with Gasteiger partial charge in [-0.3, -0.25) is 4.55 Å². The SMILES string of the molecule is Cc1cccc(-c2ccc(N=Nc3cc(S(=O)(=O)O)c4ccccc4c3N)cc2)c1.[NaH]. The number of nitrogens with zero attached hydrogens (tertiary/aromatic N) is 2. The van der Waals surface area contributed by atoms with E-state index in [0.717, 1.165) is 11.1 Å². The van der Waals surface area contributed by atoms with Gasteiger partial charge < -0.3 is 5.73 Å². The number of benzene rings is 4. The molecule has 0 aliphatic heterocycles. The predicted octanol–water partition coefficient (Wildman–Crippen LogP) is 5.41. The molecule has 0 radical (unpaired) electrons. The van der Waals surface area contributed by atoms with E-state index in [1.165, 1.54) is 11.6 Å². The van der Waals surface area contributed by atoms with Crippen molar-refractivity contribution >= 4 is 67.5 Å². The Kier molecular flexibility index (Phi) is 6.93. The summed E-state index contributed by atoms with van der Waals surface area (Å²) in [6.07, 6.45) is 0. The van der Waals surface area contributed by atoms with Gasteiger partial charge in [-0.15, -0.1) is 5.11 Å². The molecule has 0 unspecified atom stereocenters. The number of hydrogen-bond acceptors (Lipinski definition) is 5. The quantitative estimate of drug-likeness (QED) is 0.191. The summed E-state index contributed by atoms with van der Waals surface area (Å²) in [5, 5.41) is 9.14. The van der Waals surface area contributed by atoms with E-state index in [0.29, 0.717) is 16.5 Å². The van der Waals surface area contributed by atoms with Gasteiger partial charge in [-0.25, -0.2) is 0 Å². The van der Waals surface area contributed by atoms with Gasteiger partial charge in [0.15, 0.2) is 0 Å². The van der Waals surface area contributed by atoms with Crippen LogP contribution in [0.25, 0.3) is 21.9 Å². The number of hydrogen-bond donors (Lipinski definition) is 2. The van der Waals surface area contributed by atoms with Crippen molar-refractivity contribution in [2.24, 2.45) is 10.2 Å². The zero-order valence-electron chi connectivity index (χ0n) is 16.1. The van der Waals surface area contributed by atoms with Crippen molar-refractivity contribution in [3.63, 3.8) is 0 Å². The normalized spacial score (nSPS) is 11.5. The number of nitrogen functional groups attached to an aromatic ring is 1. The molecule has 0 bridgehead atoms. The molecule has 0 saturated carbocycles. The molecule has 31 heavy (non-hydrogen) atoms. The molecule has 0 atom stereocenters. The van der Waals surface area contributed by atoms with Crippen LogP contribution >= 0.6 is 0 Å². The number of anilines is 1. The standard InChI is InChI=1S/C23H19N3O3S.Na.H/c1-15-5-4-6-17(13-15)16-9-11-18(12-10-16)25-26-21-14-22(30(27,28)29)19-7-2-3-8-20(19)23(21)24;;/h2-14H,24H2,1H3,(H,27,28,29);;. The Labute approximate surface area is 202 Å². The van der Waals surface area contributed by atoms with E-state index >= 15 is 0 Å². The summed E-state index contributed by atoms with van der Waals surface area (Å²) in [6.45, 7) is 2.04. The van der Waals surface area contributed by atoms with Gasteiger partial charge in [0.05, 0.1) is 11.4 Å². The van der Waals surface area contributed by atoms with Crippen LogP contribution in [0.15, 0.2) is 94.0 Å². The van der Waals surface area contributed by atoms with E-state index in [-0.39, 0.29) is 45.8 Å². The van der Waals surface area contributed by atoms with E-state index in [1.807, 2.05) is 49.4 Å².